The van der Waals surface area contributed by atoms with Crippen molar-refractivity contribution in [3.63, 3.8) is 0 Å². The number of urea groups is 1. The molecule has 0 aromatic heterocycles. The monoisotopic (exact) mass is 413 g/mol. The predicted octanol–water partition coefficient (Wildman–Crippen LogP) is 2.92. The fourth-order valence-corrected chi connectivity index (χ4v) is 2.55. The van der Waals surface area contributed by atoms with Gasteiger partial charge in [-0.2, -0.15) is 0 Å². The van der Waals surface area contributed by atoms with Gasteiger partial charge in [-0.3, -0.25) is 9.59 Å². The lowest BCUT2D eigenvalue weighted by Gasteiger charge is -2.26. The van der Waals surface area contributed by atoms with Crippen molar-refractivity contribution in [3.8, 4) is 0 Å². The van der Waals surface area contributed by atoms with Gasteiger partial charge in [0.1, 0.15) is 12.6 Å². The zero-order valence-electron chi connectivity index (χ0n) is 14.6. The van der Waals surface area contributed by atoms with E-state index in [1.807, 2.05) is 13.8 Å². The molecule has 0 aliphatic rings. The molecule has 3 amide bonds. The first-order valence-electron chi connectivity index (χ1n) is 8.06. The number of nitrogens with zero attached hydrogens (tertiary/aromatic N) is 1. The normalized spacial score (nSPS) is 11.7. The molecule has 25 heavy (non-hydrogen) atoms. The van der Waals surface area contributed by atoms with Gasteiger partial charge in [0.05, 0.1) is 0 Å². The summed E-state index contributed by atoms with van der Waals surface area (Å²) in [5, 5.41) is 14.3. The van der Waals surface area contributed by atoms with E-state index < -0.39 is 23.9 Å². The Morgan fingerprint density at radius 3 is 2.28 bits per heavy atom. The van der Waals surface area contributed by atoms with Gasteiger partial charge in [-0.05, 0) is 43.5 Å². The summed E-state index contributed by atoms with van der Waals surface area (Å²) in [6.07, 6.45) is 0.419. The number of rotatable bonds is 8. The highest BCUT2D eigenvalue weighted by molar-refractivity contribution is 9.10. The number of benzene rings is 1. The zero-order chi connectivity index (χ0) is 19.0. The number of carbonyl (C=O) groups is 3. The molecule has 0 heterocycles. The van der Waals surface area contributed by atoms with Gasteiger partial charge >= 0.3 is 12.0 Å². The average molecular weight is 414 g/mol. The van der Waals surface area contributed by atoms with E-state index in [9.17, 15) is 14.4 Å². The van der Waals surface area contributed by atoms with Gasteiger partial charge in [0.2, 0.25) is 5.91 Å². The number of carbonyl (C=O) groups excluding carboxylic acids is 2. The summed E-state index contributed by atoms with van der Waals surface area (Å²) in [4.78, 5) is 36.9. The van der Waals surface area contributed by atoms with Crippen LogP contribution < -0.4 is 10.6 Å². The maximum absolute atomic E-state index is 12.6. The Morgan fingerprint density at radius 2 is 1.80 bits per heavy atom. The molecule has 0 saturated heterocycles. The molecule has 1 rings (SSSR count). The third-order valence-electron chi connectivity index (χ3n) is 3.43. The highest BCUT2D eigenvalue weighted by Gasteiger charge is 2.27. The second-order valence-electron chi connectivity index (χ2n) is 6.03. The molecule has 1 unspecified atom stereocenters. The average Bonchev–Trinajstić information content (AvgIpc) is 2.53. The first-order valence-corrected chi connectivity index (χ1v) is 8.85. The fraction of sp³-hybridized carbons (Fsp3) is 0.471. The molecule has 0 fully saturated rings. The second kappa shape index (κ2) is 10.0. The number of halogens is 1. The molecule has 0 aliphatic carbocycles. The van der Waals surface area contributed by atoms with E-state index in [1.54, 1.807) is 31.2 Å². The second-order valence-corrected chi connectivity index (χ2v) is 6.95. The quantitative estimate of drug-likeness (QED) is 0.609. The van der Waals surface area contributed by atoms with Crippen molar-refractivity contribution in [3.05, 3.63) is 28.7 Å². The Hall–Kier alpha value is -2.09. The molecule has 0 aliphatic heterocycles. The summed E-state index contributed by atoms with van der Waals surface area (Å²) >= 11 is 3.32. The molecule has 0 saturated carbocycles. The molecule has 1 aromatic rings. The maximum atomic E-state index is 12.6. The summed E-state index contributed by atoms with van der Waals surface area (Å²) in [5.41, 5.74) is 0.592. The lowest BCUT2D eigenvalue weighted by Crippen LogP contribution is -2.51. The van der Waals surface area contributed by atoms with Crippen molar-refractivity contribution in [2.45, 2.75) is 33.2 Å². The highest BCUT2D eigenvalue weighted by Crippen LogP contribution is 2.14. The number of carboxylic acid groups (broad SMARTS) is 1. The minimum absolute atomic E-state index is 0.158. The number of amides is 3. The number of hydrogen-bond acceptors (Lipinski definition) is 3. The van der Waals surface area contributed by atoms with Crippen LogP contribution in [0.25, 0.3) is 0 Å². The maximum Gasteiger partial charge on any atom is 0.323 e. The van der Waals surface area contributed by atoms with E-state index in [4.69, 9.17) is 5.11 Å². The van der Waals surface area contributed by atoms with Crippen molar-refractivity contribution in [1.29, 1.82) is 0 Å². The summed E-state index contributed by atoms with van der Waals surface area (Å²) in [6, 6.07) is 5.75. The van der Waals surface area contributed by atoms with E-state index >= 15 is 0 Å². The lowest BCUT2D eigenvalue weighted by molar-refractivity contribution is -0.145. The van der Waals surface area contributed by atoms with Crippen LogP contribution in [0.15, 0.2) is 28.7 Å². The number of anilines is 1. The fourth-order valence-electron chi connectivity index (χ4n) is 2.28. The number of nitrogens with one attached hydrogen (secondary N) is 2. The topological polar surface area (TPSA) is 98.7 Å². The van der Waals surface area contributed by atoms with Crippen LogP contribution in [0, 0.1) is 5.92 Å². The van der Waals surface area contributed by atoms with Crippen LogP contribution >= 0.6 is 15.9 Å². The standard InChI is InChI=1S/C17H24BrN3O4/c1-4-21(10-15(22)23)16(24)14(9-11(2)3)20-17(25)19-13-7-5-12(18)6-8-13/h5-8,11,14H,4,9-10H2,1-3H3,(H,22,23)(H2,19,20,25). The van der Waals surface area contributed by atoms with E-state index in [0.29, 0.717) is 12.1 Å². The molecule has 0 radical (unpaired) electrons. The number of carboxylic acids is 1. The van der Waals surface area contributed by atoms with E-state index in [0.717, 1.165) is 4.47 Å². The lowest BCUT2D eigenvalue weighted by atomic mass is 10.0. The summed E-state index contributed by atoms with van der Waals surface area (Å²) < 4.78 is 0.888. The molecular formula is C17H24BrN3O4. The predicted molar refractivity (Wildman–Crippen MR) is 99.4 cm³/mol. The van der Waals surface area contributed by atoms with Crippen LogP contribution in [-0.2, 0) is 9.59 Å². The zero-order valence-corrected chi connectivity index (χ0v) is 16.2. The Balaban J connectivity index is 2.79. The SMILES string of the molecule is CCN(CC(=O)O)C(=O)C(CC(C)C)NC(=O)Nc1ccc(Br)cc1. The summed E-state index contributed by atoms with van der Waals surface area (Å²) in [6.45, 7) is 5.44. The minimum Gasteiger partial charge on any atom is -0.480 e. The smallest absolute Gasteiger partial charge is 0.323 e. The number of aliphatic carboxylic acids is 1. The van der Waals surface area contributed by atoms with Crippen molar-refractivity contribution < 1.29 is 19.5 Å². The van der Waals surface area contributed by atoms with E-state index in [2.05, 4.69) is 26.6 Å². The van der Waals surface area contributed by atoms with Gasteiger partial charge < -0.3 is 20.6 Å². The van der Waals surface area contributed by atoms with Gasteiger partial charge in [0.15, 0.2) is 0 Å². The summed E-state index contributed by atoms with van der Waals surface area (Å²) in [5.74, 6) is -1.33. The van der Waals surface area contributed by atoms with Crippen molar-refractivity contribution in [2.24, 2.45) is 5.92 Å². The first kappa shape index (κ1) is 21.0. The molecule has 138 valence electrons. The minimum atomic E-state index is -1.09. The Labute approximate surface area is 155 Å². The van der Waals surface area contributed by atoms with Crippen molar-refractivity contribution >= 4 is 39.5 Å². The molecule has 0 bridgehead atoms. The Kier molecular flexibility index (Phi) is 8.40. The van der Waals surface area contributed by atoms with Crippen LogP contribution in [0.4, 0.5) is 10.5 Å². The number of likely N-dealkylation sites (N-methyl/N-ethyl adjacent to an activating group) is 1. The van der Waals surface area contributed by atoms with Crippen LogP contribution in [0.1, 0.15) is 27.2 Å². The highest BCUT2D eigenvalue weighted by atomic mass is 79.9. The van der Waals surface area contributed by atoms with Crippen LogP contribution in [0.5, 0.6) is 0 Å². The van der Waals surface area contributed by atoms with Crippen molar-refractivity contribution in [2.75, 3.05) is 18.4 Å². The van der Waals surface area contributed by atoms with Gasteiger partial charge in [-0.15, -0.1) is 0 Å². The molecule has 3 N–H and O–H groups in total. The molecular weight excluding hydrogens is 390 g/mol. The van der Waals surface area contributed by atoms with Crippen LogP contribution in [0.3, 0.4) is 0 Å². The molecule has 8 heteroatoms. The number of hydrogen-bond donors (Lipinski definition) is 3. The van der Waals surface area contributed by atoms with Crippen LogP contribution in [0.2, 0.25) is 0 Å². The van der Waals surface area contributed by atoms with Gasteiger partial charge in [0, 0.05) is 16.7 Å². The molecule has 7 nitrogen and oxygen atoms in total. The molecule has 1 atom stereocenters. The Bertz CT molecular complexity index is 604. The first-order chi connectivity index (χ1) is 11.7. The third kappa shape index (κ3) is 7.55. The molecule has 1 aromatic carbocycles. The molecule has 0 spiro atoms. The van der Waals surface area contributed by atoms with Gasteiger partial charge in [-0.25, -0.2) is 4.79 Å². The third-order valence-corrected chi connectivity index (χ3v) is 3.96. The van der Waals surface area contributed by atoms with E-state index in [1.165, 1.54) is 4.90 Å². The van der Waals surface area contributed by atoms with Crippen molar-refractivity contribution in [1.82, 2.24) is 10.2 Å². The van der Waals surface area contributed by atoms with Gasteiger partial charge in [-0.1, -0.05) is 29.8 Å². The van der Waals surface area contributed by atoms with Gasteiger partial charge in [0.25, 0.3) is 0 Å². The van der Waals surface area contributed by atoms with Crippen LogP contribution in [-0.4, -0.2) is 47.0 Å². The van der Waals surface area contributed by atoms with E-state index in [-0.39, 0.29) is 19.0 Å². The Morgan fingerprint density at radius 1 is 1.20 bits per heavy atom. The largest absolute Gasteiger partial charge is 0.480 e. The summed E-state index contributed by atoms with van der Waals surface area (Å²) in [7, 11) is 0.